The van der Waals surface area contributed by atoms with Gasteiger partial charge in [0.05, 0.1) is 25.2 Å². The summed E-state index contributed by atoms with van der Waals surface area (Å²) in [7, 11) is 0. The van der Waals surface area contributed by atoms with Gasteiger partial charge in [0.15, 0.2) is 5.65 Å². The first-order chi connectivity index (χ1) is 13.6. The molecule has 0 aromatic carbocycles. The minimum absolute atomic E-state index is 0.257. The Hall–Kier alpha value is -2.81. The van der Waals surface area contributed by atoms with Gasteiger partial charge in [0, 0.05) is 30.9 Å². The number of aromatic nitrogens is 6. The average molecular weight is 380 g/mol. The van der Waals surface area contributed by atoms with Crippen LogP contribution in [0.4, 0.5) is 11.9 Å². The Bertz CT molecular complexity index is 1020. The van der Waals surface area contributed by atoms with E-state index in [1.54, 1.807) is 6.20 Å². The summed E-state index contributed by atoms with van der Waals surface area (Å²) in [6, 6.07) is 0.369. The summed E-state index contributed by atoms with van der Waals surface area (Å²) in [5, 5.41) is 0. The minimum atomic E-state index is 0.257. The van der Waals surface area contributed by atoms with Crippen molar-refractivity contribution in [1.82, 2.24) is 29.5 Å². The Morgan fingerprint density at radius 3 is 2.64 bits per heavy atom. The zero-order chi connectivity index (χ0) is 19.3. The van der Waals surface area contributed by atoms with E-state index in [4.69, 9.17) is 20.4 Å². The van der Waals surface area contributed by atoms with Crippen molar-refractivity contribution in [3.05, 3.63) is 18.2 Å². The lowest BCUT2D eigenvalue weighted by Crippen LogP contribution is -2.37. The summed E-state index contributed by atoms with van der Waals surface area (Å²) in [6.07, 6.45) is 6.15. The molecule has 146 valence electrons. The molecule has 0 amide bonds. The molecule has 28 heavy (non-hydrogen) atoms. The highest BCUT2D eigenvalue weighted by Crippen LogP contribution is 2.41. The number of morpholine rings is 1. The van der Waals surface area contributed by atoms with Crippen LogP contribution in [0.3, 0.4) is 0 Å². The molecule has 9 nitrogen and oxygen atoms in total. The number of hydrogen-bond donors (Lipinski definition) is 1. The molecule has 2 N–H and O–H groups in total. The standard InChI is InChI=1S/C19H24N8O/c1-11-14(9-21-18(20)23-11)15-16-17(27(10-22-16)12(2)13-3-4-13)25-19(24-15)26-5-7-28-8-6-26/h9-10,12-13H,3-8H2,1-2H3,(H2,20,21,23). The van der Waals surface area contributed by atoms with Crippen LogP contribution < -0.4 is 10.6 Å². The quantitative estimate of drug-likeness (QED) is 0.732. The number of aryl methyl sites for hydroxylation is 1. The first-order valence-corrected chi connectivity index (χ1v) is 9.78. The largest absolute Gasteiger partial charge is 0.378 e. The van der Waals surface area contributed by atoms with Crippen LogP contribution >= 0.6 is 0 Å². The Morgan fingerprint density at radius 2 is 1.93 bits per heavy atom. The van der Waals surface area contributed by atoms with Crippen LogP contribution in [-0.4, -0.2) is 55.8 Å². The molecule has 3 aromatic rings. The third-order valence-corrected chi connectivity index (χ3v) is 5.70. The Kier molecular flexibility index (Phi) is 4.12. The monoisotopic (exact) mass is 380 g/mol. The van der Waals surface area contributed by atoms with Crippen molar-refractivity contribution in [1.29, 1.82) is 0 Å². The van der Waals surface area contributed by atoms with Crippen molar-refractivity contribution in [3.8, 4) is 11.3 Å². The maximum absolute atomic E-state index is 5.75. The number of hydrogen-bond acceptors (Lipinski definition) is 8. The number of nitrogens with zero attached hydrogens (tertiary/aromatic N) is 7. The van der Waals surface area contributed by atoms with Gasteiger partial charge in [0.2, 0.25) is 11.9 Å². The number of ether oxygens (including phenoxy) is 1. The average Bonchev–Trinajstić information content (AvgIpc) is 3.47. The third kappa shape index (κ3) is 2.95. The first kappa shape index (κ1) is 17.3. The van der Waals surface area contributed by atoms with Gasteiger partial charge in [-0.3, -0.25) is 0 Å². The first-order valence-electron chi connectivity index (χ1n) is 9.78. The molecule has 5 rings (SSSR count). The Morgan fingerprint density at radius 1 is 1.14 bits per heavy atom. The molecule has 1 atom stereocenters. The van der Waals surface area contributed by atoms with Gasteiger partial charge in [-0.15, -0.1) is 0 Å². The van der Waals surface area contributed by atoms with E-state index >= 15 is 0 Å². The van der Waals surface area contributed by atoms with Crippen molar-refractivity contribution in [2.45, 2.75) is 32.7 Å². The molecule has 2 fully saturated rings. The molecule has 1 saturated heterocycles. The van der Waals surface area contributed by atoms with Gasteiger partial charge >= 0.3 is 0 Å². The van der Waals surface area contributed by atoms with E-state index < -0.39 is 0 Å². The van der Waals surface area contributed by atoms with E-state index in [-0.39, 0.29) is 5.95 Å². The van der Waals surface area contributed by atoms with Gasteiger partial charge in [-0.1, -0.05) is 0 Å². The van der Waals surface area contributed by atoms with Crippen molar-refractivity contribution < 1.29 is 4.74 Å². The molecule has 0 spiro atoms. The molecule has 1 unspecified atom stereocenters. The van der Waals surface area contributed by atoms with Gasteiger partial charge in [0.1, 0.15) is 11.2 Å². The number of anilines is 2. The zero-order valence-electron chi connectivity index (χ0n) is 16.2. The molecule has 3 aromatic heterocycles. The highest BCUT2D eigenvalue weighted by atomic mass is 16.5. The second kappa shape index (κ2) is 6.66. The molecular weight excluding hydrogens is 356 g/mol. The maximum Gasteiger partial charge on any atom is 0.228 e. The van der Waals surface area contributed by atoms with Crippen LogP contribution in [0.15, 0.2) is 12.5 Å². The van der Waals surface area contributed by atoms with Crippen LogP contribution in [0.5, 0.6) is 0 Å². The molecule has 0 bridgehead atoms. The van der Waals surface area contributed by atoms with E-state index in [0.29, 0.717) is 31.1 Å². The van der Waals surface area contributed by atoms with Gasteiger partial charge in [0.25, 0.3) is 0 Å². The number of nitrogens with two attached hydrogens (primary N) is 1. The summed E-state index contributed by atoms with van der Waals surface area (Å²) in [5.74, 6) is 1.66. The lowest BCUT2D eigenvalue weighted by Gasteiger charge is -2.27. The summed E-state index contributed by atoms with van der Waals surface area (Å²) >= 11 is 0. The fourth-order valence-electron chi connectivity index (χ4n) is 3.82. The van der Waals surface area contributed by atoms with Crippen molar-refractivity contribution in [2.75, 3.05) is 36.9 Å². The molecule has 1 aliphatic carbocycles. The number of fused-ring (bicyclic) bond motifs is 1. The maximum atomic E-state index is 5.75. The van der Waals surface area contributed by atoms with Crippen LogP contribution in [0.1, 0.15) is 31.5 Å². The molecular formula is C19H24N8O. The van der Waals surface area contributed by atoms with E-state index in [9.17, 15) is 0 Å². The molecule has 2 aliphatic rings. The molecule has 1 aliphatic heterocycles. The van der Waals surface area contributed by atoms with Crippen LogP contribution in [0.25, 0.3) is 22.4 Å². The van der Waals surface area contributed by atoms with E-state index in [2.05, 4.69) is 31.3 Å². The highest BCUT2D eigenvalue weighted by Gasteiger charge is 2.31. The van der Waals surface area contributed by atoms with Crippen LogP contribution in [0.2, 0.25) is 0 Å². The normalized spacial score (nSPS) is 18.6. The minimum Gasteiger partial charge on any atom is -0.378 e. The molecule has 1 saturated carbocycles. The number of nitrogen functional groups attached to an aromatic ring is 1. The summed E-state index contributed by atoms with van der Waals surface area (Å²) in [6.45, 7) is 7.06. The van der Waals surface area contributed by atoms with Crippen LogP contribution in [-0.2, 0) is 4.74 Å². The summed E-state index contributed by atoms with van der Waals surface area (Å²) < 4.78 is 7.68. The van der Waals surface area contributed by atoms with Crippen LogP contribution in [0, 0.1) is 12.8 Å². The lowest BCUT2D eigenvalue weighted by molar-refractivity contribution is 0.122. The fraction of sp³-hybridized carbons (Fsp3) is 0.526. The van der Waals surface area contributed by atoms with Gasteiger partial charge < -0.3 is 19.9 Å². The number of rotatable bonds is 4. The lowest BCUT2D eigenvalue weighted by atomic mass is 10.1. The van der Waals surface area contributed by atoms with E-state index in [1.807, 2.05) is 13.3 Å². The Balaban J connectivity index is 1.70. The molecule has 4 heterocycles. The smallest absolute Gasteiger partial charge is 0.228 e. The molecule has 0 radical (unpaired) electrons. The highest BCUT2D eigenvalue weighted by molar-refractivity contribution is 5.89. The second-order valence-corrected chi connectivity index (χ2v) is 7.60. The fourth-order valence-corrected chi connectivity index (χ4v) is 3.82. The molecule has 9 heteroatoms. The third-order valence-electron chi connectivity index (χ3n) is 5.70. The SMILES string of the molecule is Cc1nc(N)ncc1-c1nc(N2CCOCC2)nc2c1ncn2C(C)C1CC1. The number of imidazole rings is 1. The summed E-state index contributed by atoms with van der Waals surface area (Å²) in [5.41, 5.74) is 9.77. The van der Waals surface area contributed by atoms with E-state index in [1.165, 1.54) is 12.8 Å². The van der Waals surface area contributed by atoms with Gasteiger partial charge in [-0.25, -0.2) is 19.9 Å². The summed E-state index contributed by atoms with van der Waals surface area (Å²) in [4.78, 5) is 25.1. The predicted molar refractivity (Wildman–Crippen MR) is 106 cm³/mol. The van der Waals surface area contributed by atoms with Gasteiger partial charge in [-0.05, 0) is 32.6 Å². The predicted octanol–water partition coefficient (Wildman–Crippen LogP) is 1.98. The van der Waals surface area contributed by atoms with Crippen molar-refractivity contribution in [2.24, 2.45) is 5.92 Å². The van der Waals surface area contributed by atoms with E-state index in [0.717, 1.165) is 41.2 Å². The Labute approximate surface area is 163 Å². The van der Waals surface area contributed by atoms with Crippen molar-refractivity contribution in [3.63, 3.8) is 0 Å². The van der Waals surface area contributed by atoms with Gasteiger partial charge in [-0.2, -0.15) is 4.98 Å². The van der Waals surface area contributed by atoms with Crippen molar-refractivity contribution >= 4 is 23.1 Å². The second-order valence-electron chi connectivity index (χ2n) is 7.60. The topological polar surface area (TPSA) is 108 Å². The zero-order valence-corrected chi connectivity index (χ0v) is 16.2.